The van der Waals surface area contributed by atoms with Crippen molar-refractivity contribution in [1.82, 2.24) is 0 Å². The average molecular weight is 398 g/mol. The molecule has 1 aliphatic rings. The summed E-state index contributed by atoms with van der Waals surface area (Å²) < 4.78 is 65.6. The standard InChI is InChI=1S/C20H21F3O3S/c21-20(22,23)12-5-13-27(24,25)26-17-9-3-8-16(14-17)19-11-4-7-15-6-1-2-10-18(15)19/h3-4,7-9,11,14H,1-2,5-6,10,12-13H2. The first-order valence-electron chi connectivity index (χ1n) is 8.94. The second-order valence-corrected chi connectivity index (χ2v) is 8.43. The second kappa shape index (κ2) is 7.92. The van der Waals surface area contributed by atoms with Gasteiger partial charge in [0.2, 0.25) is 0 Å². The van der Waals surface area contributed by atoms with E-state index in [1.165, 1.54) is 17.2 Å². The van der Waals surface area contributed by atoms with E-state index in [-0.39, 0.29) is 5.75 Å². The Bertz CT molecular complexity index is 905. The molecule has 1 aliphatic carbocycles. The quantitative estimate of drug-likeness (QED) is 0.622. The highest BCUT2D eigenvalue weighted by Crippen LogP contribution is 2.33. The molecule has 2 aromatic rings. The summed E-state index contributed by atoms with van der Waals surface area (Å²) in [4.78, 5) is 0. The minimum Gasteiger partial charge on any atom is -0.382 e. The van der Waals surface area contributed by atoms with Gasteiger partial charge < -0.3 is 4.18 Å². The SMILES string of the molecule is O=S(=O)(CCCC(F)(F)F)Oc1cccc(-c2cccc3c2CCCC3)c1. The highest BCUT2D eigenvalue weighted by Gasteiger charge is 2.28. The van der Waals surface area contributed by atoms with Crippen LogP contribution in [0.4, 0.5) is 13.2 Å². The Labute approximate surface area is 157 Å². The lowest BCUT2D eigenvalue weighted by molar-refractivity contribution is -0.134. The van der Waals surface area contributed by atoms with Gasteiger partial charge >= 0.3 is 16.3 Å². The predicted octanol–water partition coefficient (Wildman–Crippen LogP) is 5.28. The largest absolute Gasteiger partial charge is 0.389 e. The van der Waals surface area contributed by atoms with Crippen molar-refractivity contribution in [3.8, 4) is 16.9 Å². The summed E-state index contributed by atoms with van der Waals surface area (Å²) in [5.41, 5.74) is 4.47. The fraction of sp³-hybridized carbons (Fsp3) is 0.400. The minimum atomic E-state index is -4.37. The minimum absolute atomic E-state index is 0.118. The van der Waals surface area contributed by atoms with Gasteiger partial charge in [0.05, 0.1) is 5.75 Å². The number of halogens is 3. The lowest BCUT2D eigenvalue weighted by Gasteiger charge is -2.19. The lowest BCUT2D eigenvalue weighted by atomic mass is 9.86. The molecule has 0 bridgehead atoms. The van der Waals surface area contributed by atoms with Crippen LogP contribution >= 0.6 is 0 Å². The molecule has 0 saturated carbocycles. The Hall–Kier alpha value is -2.02. The Morgan fingerprint density at radius 1 is 1.00 bits per heavy atom. The third-order valence-electron chi connectivity index (χ3n) is 4.62. The maximum absolute atomic E-state index is 12.2. The summed E-state index contributed by atoms with van der Waals surface area (Å²) >= 11 is 0. The summed E-state index contributed by atoms with van der Waals surface area (Å²) in [6.45, 7) is 0. The molecular formula is C20H21F3O3S. The van der Waals surface area contributed by atoms with Crippen molar-refractivity contribution in [2.45, 2.75) is 44.7 Å². The van der Waals surface area contributed by atoms with Crippen LogP contribution in [0.15, 0.2) is 42.5 Å². The molecule has 0 spiro atoms. The van der Waals surface area contributed by atoms with Gasteiger partial charge in [0.25, 0.3) is 0 Å². The van der Waals surface area contributed by atoms with Gasteiger partial charge in [-0.05, 0) is 66.5 Å². The monoisotopic (exact) mass is 398 g/mol. The first-order valence-corrected chi connectivity index (χ1v) is 10.5. The molecule has 0 fully saturated rings. The zero-order valence-corrected chi connectivity index (χ0v) is 15.6. The van der Waals surface area contributed by atoms with Crippen LogP contribution < -0.4 is 4.18 Å². The van der Waals surface area contributed by atoms with Crippen LogP contribution in [0.5, 0.6) is 5.75 Å². The summed E-state index contributed by atoms with van der Waals surface area (Å²) in [5.74, 6) is -0.551. The van der Waals surface area contributed by atoms with Gasteiger partial charge in [-0.15, -0.1) is 0 Å². The summed E-state index contributed by atoms with van der Waals surface area (Å²) in [7, 11) is -4.07. The van der Waals surface area contributed by atoms with Crippen LogP contribution in [0, 0.1) is 0 Å². The van der Waals surface area contributed by atoms with Gasteiger partial charge in [-0.3, -0.25) is 0 Å². The Kier molecular flexibility index (Phi) is 5.79. The average Bonchev–Trinajstić information content (AvgIpc) is 2.59. The molecule has 27 heavy (non-hydrogen) atoms. The number of hydrogen-bond donors (Lipinski definition) is 0. The number of rotatable bonds is 6. The summed E-state index contributed by atoms with van der Waals surface area (Å²) in [6.07, 6.45) is -1.74. The fourth-order valence-electron chi connectivity index (χ4n) is 3.40. The number of fused-ring (bicyclic) bond motifs is 1. The Balaban J connectivity index is 1.77. The van der Waals surface area contributed by atoms with E-state index in [1.807, 2.05) is 18.2 Å². The maximum atomic E-state index is 12.2. The van der Waals surface area contributed by atoms with Gasteiger partial charge in [0.1, 0.15) is 5.75 Å². The molecular weight excluding hydrogens is 377 g/mol. The third-order valence-corrected chi connectivity index (χ3v) is 5.85. The van der Waals surface area contributed by atoms with Gasteiger partial charge in [-0.2, -0.15) is 21.6 Å². The van der Waals surface area contributed by atoms with Crippen molar-refractivity contribution < 1.29 is 25.8 Å². The molecule has 3 nitrogen and oxygen atoms in total. The summed E-state index contributed by atoms with van der Waals surface area (Å²) in [5, 5.41) is 0. The van der Waals surface area contributed by atoms with Crippen molar-refractivity contribution >= 4 is 10.1 Å². The van der Waals surface area contributed by atoms with Gasteiger partial charge in [-0.1, -0.05) is 30.3 Å². The maximum Gasteiger partial charge on any atom is 0.389 e. The van der Waals surface area contributed by atoms with Crippen molar-refractivity contribution in [1.29, 1.82) is 0 Å². The molecule has 3 rings (SSSR count). The van der Waals surface area contributed by atoms with Crippen molar-refractivity contribution in [3.63, 3.8) is 0 Å². The third kappa shape index (κ3) is 5.48. The highest BCUT2D eigenvalue weighted by molar-refractivity contribution is 7.87. The lowest BCUT2D eigenvalue weighted by Crippen LogP contribution is -2.16. The Morgan fingerprint density at radius 3 is 2.52 bits per heavy atom. The number of benzene rings is 2. The van der Waals surface area contributed by atoms with Crippen molar-refractivity contribution in [2.24, 2.45) is 0 Å². The second-order valence-electron chi connectivity index (χ2n) is 6.74. The zero-order chi connectivity index (χ0) is 19.5. The van der Waals surface area contributed by atoms with Crippen LogP contribution in [0.2, 0.25) is 0 Å². The van der Waals surface area contributed by atoms with Crippen LogP contribution in [-0.4, -0.2) is 20.3 Å². The van der Waals surface area contributed by atoms with E-state index in [1.54, 1.807) is 12.1 Å². The van der Waals surface area contributed by atoms with Crippen LogP contribution in [-0.2, 0) is 23.0 Å². The number of alkyl halides is 3. The normalized spacial score (nSPS) is 14.6. The van der Waals surface area contributed by atoms with E-state index in [4.69, 9.17) is 4.18 Å². The van der Waals surface area contributed by atoms with E-state index in [0.717, 1.165) is 36.8 Å². The predicted molar refractivity (Wildman–Crippen MR) is 98.2 cm³/mol. The van der Waals surface area contributed by atoms with Crippen molar-refractivity contribution in [3.05, 3.63) is 53.6 Å². The van der Waals surface area contributed by atoms with Gasteiger partial charge in [-0.25, -0.2) is 0 Å². The molecule has 0 unspecified atom stereocenters. The van der Waals surface area contributed by atoms with Gasteiger partial charge in [0, 0.05) is 6.42 Å². The highest BCUT2D eigenvalue weighted by atomic mass is 32.2. The molecule has 0 N–H and O–H groups in total. The van der Waals surface area contributed by atoms with E-state index in [2.05, 4.69) is 6.07 Å². The molecule has 0 aromatic heterocycles. The molecule has 0 saturated heterocycles. The number of hydrogen-bond acceptors (Lipinski definition) is 3. The fourth-order valence-corrected chi connectivity index (χ4v) is 4.38. The van der Waals surface area contributed by atoms with Crippen LogP contribution in [0.25, 0.3) is 11.1 Å². The zero-order valence-electron chi connectivity index (χ0n) is 14.8. The van der Waals surface area contributed by atoms with Crippen LogP contribution in [0.1, 0.15) is 36.8 Å². The van der Waals surface area contributed by atoms with E-state index < -0.39 is 34.9 Å². The summed E-state index contributed by atoms with van der Waals surface area (Å²) in [6, 6.07) is 12.8. The number of aryl methyl sites for hydroxylation is 1. The smallest absolute Gasteiger partial charge is 0.382 e. The topological polar surface area (TPSA) is 43.4 Å². The van der Waals surface area contributed by atoms with E-state index in [9.17, 15) is 21.6 Å². The molecule has 7 heteroatoms. The van der Waals surface area contributed by atoms with E-state index in [0.29, 0.717) is 0 Å². The molecule has 0 radical (unpaired) electrons. The molecule has 146 valence electrons. The Morgan fingerprint density at radius 2 is 1.74 bits per heavy atom. The first-order chi connectivity index (χ1) is 12.7. The molecule has 0 aliphatic heterocycles. The molecule has 0 atom stereocenters. The van der Waals surface area contributed by atoms with Crippen LogP contribution in [0.3, 0.4) is 0 Å². The molecule has 0 amide bonds. The van der Waals surface area contributed by atoms with Gasteiger partial charge in [0.15, 0.2) is 0 Å². The molecule has 0 heterocycles. The molecule has 2 aromatic carbocycles. The van der Waals surface area contributed by atoms with Crippen molar-refractivity contribution in [2.75, 3.05) is 5.75 Å². The van der Waals surface area contributed by atoms with E-state index >= 15 is 0 Å². The first kappa shape index (κ1) is 19.7.